The smallest absolute Gasteiger partial charge is 0.273 e. The zero-order valence-electron chi connectivity index (χ0n) is 7.53. The van der Waals surface area contributed by atoms with Crippen LogP contribution in [0.1, 0.15) is 6.92 Å². The van der Waals surface area contributed by atoms with E-state index in [-0.39, 0.29) is 18.1 Å². The Bertz CT molecular complexity index is 361. The maximum Gasteiger partial charge on any atom is 0.273 e. The molecule has 0 saturated heterocycles. The lowest BCUT2D eigenvalue weighted by molar-refractivity contribution is -0.387. The van der Waals surface area contributed by atoms with Gasteiger partial charge in [0.05, 0.1) is 11.0 Å². The van der Waals surface area contributed by atoms with E-state index in [1.807, 2.05) is 0 Å². The summed E-state index contributed by atoms with van der Waals surface area (Å²) in [7, 11) is 0. The molecule has 0 aromatic heterocycles. The van der Waals surface area contributed by atoms with Crippen molar-refractivity contribution in [2.45, 2.75) is 6.92 Å². The number of hydrogen-bond donors (Lipinski definition) is 2. The van der Waals surface area contributed by atoms with Crippen molar-refractivity contribution in [1.29, 1.82) is 0 Å². The lowest BCUT2D eigenvalue weighted by Gasteiger charge is -1.91. The molecule has 5 nitrogen and oxygen atoms in total. The van der Waals surface area contributed by atoms with Crippen LogP contribution in [0.5, 0.6) is 0 Å². The van der Waals surface area contributed by atoms with Gasteiger partial charge in [0.1, 0.15) is 5.69 Å². The van der Waals surface area contributed by atoms with Gasteiger partial charge in [-0.1, -0.05) is 6.07 Å². The molecule has 0 saturated carbocycles. The molecule has 6 heteroatoms. The van der Waals surface area contributed by atoms with Gasteiger partial charge in [-0.15, -0.1) is 0 Å². The minimum atomic E-state index is -0.447. The molecule has 14 heavy (non-hydrogen) atoms. The number of nitrogens with two attached hydrogens (primary N) is 1. The van der Waals surface area contributed by atoms with E-state index >= 15 is 0 Å². The molecular weight excluding hydrogens is 206 g/mol. The van der Waals surface area contributed by atoms with Crippen molar-refractivity contribution in [3.8, 4) is 0 Å². The van der Waals surface area contributed by atoms with Crippen LogP contribution in [0.25, 0.3) is 0 Å². The van der Waals surface area contributed by atoms with Gasteiger partial charge < -0.3 is 12.4 Å². The topological polar surface area (TPSA) is 83.1 Å². The predicted molar refractivity (Wildman–Crippen MR) is 48.6 cm³/mol. The first-order valence-electron chi connectivity index (χ1n) is 3.70. The van der Waals surface area contributed by atoms with Gasteiger partial charge in [0, 0.05) is 13.0 Å². The molecular formula is C8H10ClN3O2. The molecule has 0 aliphatic rings. The Hall–Kier alpha value is -1.62. The molecule has 0 bridgehead atoms. The van der Waals surface area contributed by atoms with Crippen molar-refractivity contribution < 1.29 is 22.3 Å². The number of hydrogen-bond acceptors (Lipinski definition) is 2. The highest BCUT2D eigenvalue weighted by Crippen LogP contribution is 2.12. The van der Waals surface area contributed by atoms with Crippen molar-refractivity contribution >= 4 is 17.2 Å². The van der Waals surface area contributed by atoms with E-state index in [9.17, 15) is 10.1 Å². The lowest BCUT2D eigenvalue weighted by Crippen LogP contribution is -3.00. The van der Waals surface area contributed by atoms with Crippen LogP contribution in [0.3, 0.4) is 0 Å². The average molecular weight is 216 g/mol. The molecule has 0 amide bonds. The molecule has 1 aromatic rings. The molecule has 0 aliphatic heterocycles. The molecule has 3 N–H and O–H groups in total. The summed E-state index contributed by atoms with van der Waals surface area (Å²) in [6, 6.07) is 6.17. The maximum absolute atomic E-state index is 10.4. The molecule has 0 fully saturated rings. The van der Waals surface area contributed by atoms with Gasteiger partial charge in [-0.25, -0.2) is 4.99 Å². The van der Waals surface area contributed by atoms with E-state index in [0.717, 1.165) is 0 Å². The summed E-state index contributed by atoms with van der Waals surface area (Å²) in [5, 5.41) is 10.4. The average Bonchev–Trinajstić information content (AvgIpc) is 2.03. The van der Waals surface area contributed by atoms with Crippen LogP contribution < -0.4 is 23.1 Å². The Kier molecular flexibility index (Phi) is 4.58. The second-order valence-electron chi connectivity index (χ2n) is 2.62. The highest BCUT2D eigenvalue weighted by atomic mass is 35.5. The van der Waals surface area contributed by atoms with Gasteiger partial charge in [-0.2, -0.15) is 0 Å². The lowest BCUT2D eigenvalue weighted by atomic mass is 10.3. The SMILES string of the molecule is CC(N)=[NH+]c1cccc([N+](=O)[O-])c1.[Cl-]. The van der Waals surface area contributed by atoms with Gasteiger partial charge in [0.15, 0.2) is 0 Å². The third-order valence-electron chi connectivity index (χ3n) is 1.40. The monoisotopic (exact) mass is 215 g/mol. The highest BCUT2D eigenvalue weighted by Gasteiger charge is 2.05. The van der Waals surface area contributed by atoms with Crippen LogP contribution in [0.2, 0.25) is 0 Å². The highest BCUT2D eigenvalue weighted by molar-refractivity contribution is 5.72. The second-order valence-corrected chi connectivity index (χ2v) is 2.62. The first-order valence-corrected chi connectivity index (χ1v) is 3.70. The number of nitro benzene ring substituents is 1. The number of nitrogens with one attached hydrogen (secondary N) is 1. The third-order valence-corrected chi connectivity index (χ3v) is 1.40. The third kappa shape index (κ3) is 3.40. The van der Waals surface area contributed by atoms with Crippen molar-refractivity contribution in [1.82, 2.24) is 0 Å². The Labute approximate surface area is 87.2 Å². The Balaban J connectivity index is 0.00000169. The van der Waals surface area contributed by atoms with Crippen LogP contribution in [0.4, 0.5) is 11.4 Å². The van der Waals surface area contributed by atoms with Crippen molar-refractivity contribution in [3.05, 3.63) is 34.4 Å². The minimum Gasteiger partial charge on any atom is -1.00 e. The fourth-order valence-corrected chi connectivity index (χ4v) is 0.925. The van der Waals surface area contributed by atoms with Crippen LogP contribution in [-0.2, 0) is 0 Å². The van der Waals surface area contributed by atoms with E-state index in [4.69, 9.17) is 5.73 Å². The number of nitrogens with zero attached hydrogens (tertiary/aromatic N) is 1. The number of nitro groups is 1. The first kappa shape index (κ1) is 12.4. The van der Waals surface area contributed by atoms with Gasteiger partial charge >= 0.3 is 0 Å². The zero-order chi connectivity index (χ0) is 9.84. The fraction of sp³-hybridized carbons (Fsp3) is 0.125. The van der Waals surface area contributed by atoms with Gasteiger partial charge in [0.25, 0.3) is 5.69 Å². The maximum atomic E-state index is 10.4. The fourth-order valence-electron chi connectivity index (χ4n) is 0.925. The molecule has 0 heterocycles. The summed E-state index contributed by atoms with van der Waals surface area (Å²) < 4.78 is 0. The van der Waals surface area contributed by atoms with Crippen molar-refractivity contribution in [2.24, 2.45) is 5.73 Å². The quantitative estimate of drug-likeness (QED) is 0.235. The Morgan fingerprint density at radius 3 is 2.71 bits per heavy atom. The molecule has 0 atom stereocenters. The van der Waals surface area contributed by atoms with Gasteiger partial charge in [-0.05, 0) is 6.07 Å². The van der Waals surface area contributed by atoms with E-state index in [1.54, 1.807) is 19.1 Å². The summed E-state index contributed by atoms with van der Waals surface area (Å²) in [4.78, 5) is 12.7. The molecule has 0 spiro atoms. The van der Waals surface area contributed by atoms with Crippen molar-refractivity contribution in [2.75, 3.05) is 0 Å². The Morgan fingerprint density at radius 1 is 1.57 bits per heavy atom. The summed E-state index contributed by atoms with van der Waals surface area (Å²) in [5.74, 6) is 0.500. The minimum absolute atomic E-state index is 0. The predicted octanol–water partition coefficient (Wildman–Crippen LogP) is -3.31. The first-order chi connectivity index (χ1) is 6.09. The van der Waals surface area contributed by atoms with Gasteiger partial charge in [-0.3, -0.25) is 15.8 Å². The van der Waals surface area contributed by atoms with E-state index in [2.05, 4.69) is 4.99 Å². The summed E-state index contributed by atoms with van der Waals surface area (Å²) in [6.07, 6.45) is 0. The molecule has 1 rings (SSSR count). The van der Waals surface area contributed by atoms with Crippen LogP contribution in [0, 0.1) is 10.1 Å². The van der Waals surface area contributed by atoms with Gasteiger partial charge in [0.2, 0.25) is 5.84 Å². The largest absolute Gasteiger partial charge is 1.00 e. The molecule has 1 aromatic carbocycles. The summed E-state index contributed by atoms with van der Waals surface area (Å²) in [6.45, 7) is 1.68. The van der Waals surface area contributed by atoms with Crippen LogP contribution in [0.15, 0.2) is 24.3 Å². The number of rotatable bonds is 2. The Morgan fingerprint density at radius 2 is 2.21 bits per heavy atom. The summed E-state index contributed by atoms with van der Waals surface area (Å²) >= 11 is 0. The summed E-state index contributed by atoms with van der Waals surface area (Å²) in [5.41, 5.74) is 6.05. The van der Waals surface area contributed by atoms with Crippen molar-refractivity contribution in [3.63, 3.8) is 0 Å². The number of halogens is 1. The normalized spacial score (nSPS) is 10.5. The van der Waals surface area contributed by atoms with E-state index in [0.29, 0.717) is 11.5 Å². The second kappa shape index (κ2) is 5.18. The van der Waals surface area contributed by atoms with E-state index in [1.165, 1.54) is 12.1 Å². The molecule has 0 unspecified atom stereocenters. The molecule has 0 radical (unpaired) electrons. The van der Waals surface area contributed by atoms with E-state index < -0.39 is 4.92 Å². The zero-order valence-corrected chi connectivity index (χ0v) is 8.28. The number of benzene rings is 1. The molecule has 76 valence electrons. The standard InChI is InChI=1S/C8H9N3O2.ClH/c1-6(9)10-7-3-2-4-8(5-7)11(12)13;/h2-5H,1H3,(H2,9,10);1H. The van der Waals surface area contributed by atoms with Crippen LogP contribution >= 0.6 is 0 Å². The number of amidine groups is 1. The van der Waals surface area contributed by atoms with Crippen LogP contribution in [-0.4, -0.2) is 10.8 Å². The number of non-ortho nitro benzene ring substituents is 1. The molecule has 0 aliphatic carbocycles.